The SMILES string of the molecule is CCCCCCCCCCCCCCCCOc1ccc(OCC2CO2)cc1. The third-order valence-electron chi connectivity index (χ3n) is 5.43. The Balaban J connectivity index is 1.31. The highest BCUT2D eigenvalue weighted by atomic mass is 16.6. The van der Waals surface area contributed by atoms with E-state index in [1.54, 1.807) is 0 Å². The topological polar surface area (TPSA) is 31.0 Å². The summed E-state index contributed by atoms with van der Waals surface area (Å²) in [5.74, 6) is 1.82. The number of benzene rings is 1. The first-order valence-electron chi connectivity index (χ1n) is 11.9. The lowest BCUT2D eigenvalue weighted by molar-refractivity contribution is 0.262. The van der Waals surface area contributed by atoms with Crippen molar-refractivity contribution in [2.45, 2.75) is 103 Å². The van der Waals surface area contributed by atoms with Gasteiger partial charge in [0.1, 0.15) is 24.2 Å². The molecule has 0 aliphatic carbocycles. The van der Waals surface area contributed by atoms with Crippen LogP contribution in [0, 0.1) is 0 Å². The third-order valence-corrected chi connectivity index (χ3v) is 5.43. The summed E-state index contributed by atoms with van der Waals surface area (Å²) in [4.78, 5) is 0. The molecular formula is C25H42O3. The lowest BCUT2D eigenvalue weighted by atomic mass is 10.0. The van der Waals surface area contributed by atoms with E-state index in [4.69, 9.17) is 14.2 Å². The van der Waals surface area contributed by atoms with Gasteiger partial charge >= 0.3 is 0 Å². The van der Waals surface area contributed by atoms with Crippen LogP contribution in [0.5, 0.6) is 11.5 Å². The average Bonchev–Trinajstić information content (AvgIpc) is 3.55. The van der Waals surface area contributed by atoms with E-state index in [0.29, 0.717) is 12.7 Å². The summed E-state index contributed by atoms with van der Waals surface area (Å²) in [6.07, 6.45) is 19.7. The molecule has 0 N–H and O–H groups in total. The lowest BCUT2D eigenvalue weighted by Crippen LogP contribution is -2.04. The molecule has 0 amide bonds. The van der Waals surface area contributed by atoms with Crippen molar-refractivity contribution in [3.05, 3.63) is 24.3 Å². The first-order chi connectivity index (χ1) is 13.9. The molecule has 0 radical (unpaired) electrons. The summed E-state index contributed by atoms with van der Waals surface area (Å²) < 4.78 is 16.6. The fourth-order valence-electron chi connectivity index (χ4n) is 3.47. The Hall–Kier alpha value is -1.22. The number of ether oxygens (including phenoxy) is 3. The molecule has 1 atom stereocenters. The van der Waals surface area contributed by atoms with Crippen molar-refractivity contribution in [1.82, 2.24) is 0 Å². The first kappa shape index (κ1) is 23.1. The molecule has 1 aliphatic rings. The molecule has 2 rings (SSSR count). The molecule has 1 fully saturated rings. The minimum absolute atomic E-state index is 0.302. The van der Waals surface area contributed by atoms with Gasteiger partial charge in [0, 0.05) is 0 Å². The molecule has 28 heavy (non-hydrogen) atoms. The first-order valence-corrected chi connectivity index (χ1v) is 11.9. The van der Waals surface area contributed by atoms with Crippen molar-refractivity contribution in [3.63, 3.8) is 0 Å². The molecule has 3 heteroatoms. The Kier molecular flexibility index (Phi) is 12.9. The van der Waals surface area contributed by atoms with E-state index >= 15 is 0 Å². The number of hydrogen-bond acceptors (Lipinski definition) is 3. The standard InChI is InChI=1S/C25H42O3/c1-2-3-4-5-6-7-8-9-10-11-12-13-14-15-20-26-23-16-18-24(19-17-23)27-21-25-22-28-25/h16-19,25H,2-15,20-22H2,1H3. The Morgan fingerprint density at radius 2 is 1.11 bits per heavy atom. The van der Waals surface area contributed by atoms with Crippen LogP contribution < -0.4 is 9.47 Å². The third kappa shape index (κ3) is 12.3. The second-order valence-corrected chi connectivity index (χ2v) is 8.18. The molecule has 1 aromatic rings. The van der Waals surface area contributed by atoms with E-state index in [2.05, 4.69) is 6.92 Å². The van der Waals surface area contributed by atoms with Gasteiger partial charge in [0.2, 0.25) is 0 Å². The van der Waals surface area contributed by atoms with E-state index in [1.165, 1.54) is 83.5 Å². The van der Waals surface area contributed by atoms with Crippen LogP contribution in [-0.4, -0.2) is 25.9 Å². The van der Waals surface area contributed by atoms with E-state index < -0.39 is 0 Å². The maximum Gasteiger partial charge on any atom is 0.119 e. The van der Waals surface area contributed by atoms with Gasteiger partial charge in [0.15, 0.2) is 0 Å². The maximum absolute atomic E-state index is 5.83. The molecule has 1 saturated heterocycles. The smallest absolute Gasteiger partial charge is 0.119 e. The van der Waals surface area contributed by atoms with Crippen molar-refractivity contribution in [2.24, 2.45) is 0 Å². The Morgan fingerprint density at radius 3 is 1.57 bits per heavy atom. The minimum atomic E-state index is 0.302. The zero-order chi connectivity index (χ0) is 19.7. The summed E-state index contributed by atoms with van der Waals surface area (Å²) >= 11 is 0. The second kappa shape index (κ2) is 15.7. The van der Waals surface area contributed by atoms with Crippen molar-refractivity contribution < 1.29 is 14.2 Å². The van der Waals surface area contributed by atoms with Crippen LogP contribution in [0.4, 0.5) is 0 Å². The number of unbranched alkanes of at least 4 members (excludes halogenated alkanes) is 13. The van der Waals surface area contributed by atoms with Crippen molar-refractivity contribution in [3.8, 4) is 11.5 Å². The Bertz CT molecular complexity index is 467. The van der Waals surface area contributed by atoms with Crippen LogP contribution in [0.3, 0.4) is 0 Å². The predicted molar refractivity (Wildman–Crippen MR) is 117 cm³/mol. The van der Waals surface area contributed by atoms with Gasteiger partial charge in [-0.05, 0) is 30.7 Å². The maximum atomic E-state index is 5.83. The van der Waals surface area contributed by atoms with Crippen molar-refractivity contribution in [2.75, 3.05) is 19.8 Å². The van der Waals surface area contributed by atoms with Crippen molar-refractivity contribution >= 4 is 0 Å². The van der Waals surface area contributed by atoms with Crippen molar-refractivity contribution in [1.29, 1.82) is 0 Å². The van der Waals surface area contributed by atoms with Crippen LogP contribution in [-0.2, 0) is 4.74 Å². The highest BCUT2D eigenvalue weighted by Crippen LogP contribution is 2.20. The van der Waals surface area contributed by atoms with E-state index in [1.807, 2.05) is 24.3 Å². The highest BCUT2D eigenvalue weighted by molar-refractivity contribution is 5.31. The summed E-state index contributed by atoms with van der Waals surface area (Å²) in [5.41, 5.74) is 0. The summed E-state index contributed by atoms with van der Waals surface area (Å²) in [6, 6.07) is 7.94. The monoisotopic (exact) mass is 390 g/mol. The number of epoxide rings is 1. The van der Waals surface area contributed by atoms with Gasteiger partial charge < -0.3 is 14.2 Å². The largest absolute Gasteiger partial charge is 0.494 e. The molecule has 1 heterocycles. The number of hydrogen-bond donors (Lipinski definition) is 0. The van der Waals surface area contributed by atoms with Gasteiger partial charge in [-0.2, -0.15) is 0 Å². The van der Waals surface area contributed by atoms with Gasteiger partial charge in [-0.15, -0.1) is 0 Å². The number of rotatable bonds is 19. The molecule has 0 aromatic heterocycles. The van der Waals surface area contributed by atoms with E-state index in [-0.39, 0.29) is 0 Å². The summed E-state index contributed by atoms with van der Waals surface area (Å²) in [6.45, 7) is 4.59. The normalized spacial score (nSPS) is 15.5. The van der Waals surface area contributed by atoms with Gasteiger partial charge in [-0.25, -0.2) is 0 Å². The fourth-order valence-corrected chi connectivity index (χ4v) is 3.47. The molecule has 1 unspecified atom stereocenters. The van der Waals surface area contributed by atoms with Gasteiger partial charge in [0.05, 0.1) is 13.2 Å². The molecular weight excluding hydrogens is 348 g/mol. The summed E-state index contributed by atoms with van der Waals surface area (Å²) in [5, 5.41) is 0. The molecule has 160 valence electrons. The molecule has 1 aliphatic heterocycles. The van der Waals surface area contributed by atoms with Crippen LogP contribution in [0.25, 0.3) is 0 Å². The molecule has 0 spiro atoms. The Morgan fingerprint density at radius 1 is 0.679 bits per heavy atom. The van der Waals surface area contributed by atoms with Gasteiger partial charge in [0.25, 0.3) is 0 Å². The van der Waals surface area contributed by atoms with Gasteiger partial charge in [-0.1, -0.05) is 90.4 Å². The Labute approximate surface area is 173 Å². The van der Waals surface area contributed by atoms with E-state index in [0.717, 1.165) is 31.1 Å². The lowest BCUT2D eigenvalue weighted by Gasteiger charge is -2.08. The molecule has 0 saturated carbocycles. The van der Waals surface area contributed by atoms with Crippen LogP contribution in [0.15, 0.2) is 24.3 Å². The van der Waals surface area contributed by atoms with Gasteiger partial charge in [-0.3, -0.25) is 0 Å². The van der Waals surface area contributed by atoms with Crippen LogP contribution in [0.2, 0.25) is 0 Å². The predicted octanol–water partition coefficient (Wildman–Crippen LogP) is 7.32. The highest BCUT2D eigenvalue weighted by Gasteiger charge is 2.22. The fraction of sp³-hybridized carbons (Fsp3) is 0.760. The minimum Gasteiger partial charge on any atom is -0.494 e. The quantitative estimate of drug-likeness (QED) is 0.183. The summed E-state index contributed by atoms with van der Waals surface area (Å²) in [7, 11) is 0. The molecule has 0 bridgehead atoms. The molecule has 1 aromatic carbocycles. The van der Waals surface area contributed by atoms with Crippen LogP contribution in [0.1, 0.15) is 96.8 Å². The zero-order valence-corrected chi connectivity index (χ0v) is 18.1. The second-order valence-electron chi connectivity index (χ2n) is 8.18. The van der Waals surface area contributed by atoms with E-state index in [9.17, 15) is 0 Å². The molecule has 3 nitrogen and oxygen atoms in total. The zero-order valence-electron chi connectivity index (χ0n) is 18.1. The average molecular weight is 391 g/mol. The van der Waals surface area contributed by atoms with Crippen LogP contribution >= 0.6 is 0 Å².